The Labute approximate surface area is 86.0 Å². The molecule has 1 rings (SSSR count). The van der Waals surface area contributed by atoms with Crippen LogP contribution >= 0.6 is 0 Å². The van der Waals surface area contributed by atoms with Crippen molar-refractivity contribution in [3.05, 3.63) is 0 Å². The fraction of sp³-hybridized carbons (Fsp3) is 0.900. The van der Waals surface area contributed by atoms with E-state index >= 15 is 0 Å². The summed E-state index contributed by atoms with van der Waals surface area (Å²) in [6, 6.07) is 0. The molecule has 4 nitrogen and oxygen atoms in total. The smallest absolute Gasteiger partial charge is 0.441 e. The molecule has 0 radical (unpaired) electrons. The quantitative estimate of drug-likeness (QED) is 0.557. The largest absolute Gasteiger partial charge is 0.454 e. The zero-order valence-electron chi connectivity index (χ0n) is 9.83. The van der Waals surface area contributed by atoms with Gasteiger partial charge in [-0.3, -0.25) is 0 Å². The summed E-state index contributed by atoms with van der Waals surface area (Å²) in [5, 5.41) is 1.77. The third-order valence-corrected chi connectivity index (χ3v) is 2.33. The Morgan fingerprint density at radius 2 is 1.93 bits per heavy atom. The van der Waals surface area contributed by atoms with Gasteiger partial charge in [0.05, 0.1) is 20.6 Å². The van der Waals surface area contributed by atoms with Gasteiger partial charge in [0.1, 0.15) is 12.1 Å². The number of quaternary nitrogens is 1. The molecule has 1 heterocycles. The highest BCUT2D eigenvalue weighted by Crippen LogP contribution is 2.19. The number of nitrogens with zero attached hydrogens (tertiary/aromatic N) is 2. The maximum Gasteiger partial charge on any atom is 0.454 e. The van der Waals surface area contributed by atoms with Gasteiger partial charge in [-0.1, -0.05) is 0 Å². The van der Waals surface area contributed by atoms with Crippen LogP contribution < -0.4 is 0 Å². The van der Waals surface area contributed by atoms with Gasteiger partial charge in [-0.2, -0.15) is 5.01 Å². The minimum absolute atomic E-state index is 0.208. The van der Waals surface area contributed by atoms with Crippen LogP contribution in [0.15, 0.2) is 0 Å². The number of hydrogen-bond acceptors (Lipinski definition) is 2. The number of carbonyl (C=O) groups is 1. The SMILES string of the molecule is CC(C)(C)OC(=O)N1CCC[N+]1(C)C. The molecule has 82 valence electrons. The van der Waals surface area contributed by atoms with Crippen molar-refractivity contribution in [3.63, 3.8) is 0 Å². The second-order valence-corrected chi connectivity index (χ2v) is 5.30. The molecule has 0 aromatic carbocycles. The summed E-state index contributed by atoms with van der Waals surface area (Å²) in [5.41, 5.74) is -0.403. The molecular weight excluding hydrogens is 180 g/mol. The summed E-state index contributed by atoms with van der Waals surface area (Å²) in [4.78, 5) is 11.8. The molecule has 0 atom stereocenters. The predicted molar refractivity (Wildman–Crippen MR) is 54.5 cm³/mol. The molecule has 0 spiro atoms. The average Bonchev–Trinajstić information content (AvgIpc) is 2.25. The number of amides is 1. The molecule has 4 heteroatoms. The second kappa shape index (κ2) is 3.42. The summed E-state index contributed by atoms with van der Waals surface area (Å²) >= 11 is 0. The van der Waals surface area contributed by atoms with Crippen LogP contribution in [0.2, 0.25) is 0 Å². The van der Waals surface area contributed by atoms with Gasteiger partial charge in [0.15, 0.2) is 0 Å². The molecule has 0 aromatic rings. The standard InChI is InChI=1S/C10H21N2O2/c1-10(2,3)14-9(13)11-7-6-8-12(11,4)5/h6-8H2,1-5H3/q+1. The van der Waals surface area contributed by atoms with Crippen LogP contribution in [-0.2, 0) is 4.74 Å². The first kappa shape index (κ1) is 11.3. The first-order valence-electron chi connectivity index (χ1n) is 5.06. The summed E-state index contributed by atoms with van der Waals surface area (Å²) < 4.78 is 5.93. The van der Waals surface area contributed by atoms with Crippen molar-refractivity contribution in [2.24, 2.45) is 0 Å². The lowest BCUT2D eigenvalue weighted by molar-refractivity contribution is -0.977. The van der Waals surface area contributed by atoms with Gasteiger partial charge < -0.3 is 4.74 Å². The van der Waals surface area contributed by atoms with E-state index < -0.39 is 5.60 Å². The maximum absolute atomic E-state index is 11.8. The van der Waals surface area contributed by atoms with E-state index in [0.717, 1.165) is 19.5 Å². The van der Waals surface area contributed by atoms with Crippen molar-refractivity contribution >= 4 is 6.09 Å². The van der Waals surface area contributed by atoms with Crippen LogP contribution in [0.1, 0.15) is 27.2 Å². The second-order valence-electron chi connectivity index (χ2n) is 5.30. The van der Waals surface area contributed by atoms with Gasteiger partial charge in [0.25, 0.3) is 0 Å². The monoisotopic (exact) mass is 201 g/mol. The molecule has 0 bridgehead atoms. The van der Waals surface area contributed by atoms with E-state index in [2.05, 4.69) is 0 Å². The van der Waals surface area contributed by atoms with Crippen LogP contribution in [0.3, 0.4) is 0 Å². The Morgan fingerprint density at radius 1 is 1.36 bits per heavy atom. The number of rotatable bonds is 0. The third kappa shape index (κ3) is 2.61. The molecule has 0 aromatic heterocycles. The summed E-state index contributed by atoms with van der Waals surface area (Å²) in [5.74, 6) is 0. The third-order valence-electron chi connectivity index (χ3n) is 2.33. The molecule has 1 saturated heterocycles. The molecule has 0 N–H and O–H groups in total. The lowest BCUT2D eigenvalue weighted by Gasteiger charge is -2.33. The fourth-order valence-electron chi connectivity index (χ4n) is 1.63. The van der Waals surface area contributed by atoms with Crippen molar-refractivity contribution in [1.82, 2.24) is 5.01 Å². The van der Waals surface area contributed by atoms with Gasteiger partial charge >= 0.3 is 6.09 Å². The van der Waals surface area contributed by atoms with E-state index in [-0.39, 0.29) is 6.09 Å². The Morgan fingerprint density at radius 3 is 2.29 bits per heavy atom. The number of hydrogen-bond donors (Lipinski definition) is 0. The highest BCUT2D eigenvalue weighted by atomic mass is 16.6. The van der Waals surface area contributed by atoms with Crippen molar-refractivity contribution < 1.29 is 14.1 Å². The average molecular weight is 201 g/mol. The summed E-state index contributed by atoms with van der Waals surface area (Å²) in [6.07, 6.45) is 0.840. The molecule has 0 unspecified atom stereocenters. The van der Waals surface area contributed by atoms with E-state index in [9.17, 15) is 4.79 Å². The summed E-state index contributed by atoms with van der Waals surface area (Å²) in [6.45, 7) is 7.46. The van der Waals surface area contributed by atoms with Gasteiger partial charge in [0.2, 0.25) is 0 Å². The topological polar surface area (TPSA) is 29.5 Å². The number of carbonyl (C=O) groups excluding carboxylic acids is 1. The predicted octanol–water partition coefficient (Wildman–Crippen LogP) is 1.62. The van der Waals surface area contributed by atoms with Crippen molar-refractivity contribution in [3.8, 4) is 0 Å². The lowest BCUT2D eigenvalue weighted by Crippen LogP contribution is -2.53. The molecule has 1 amide bonds. The molecule has 1 aliphatic rings. The van der Waals surface area contributed by atoms with Crippen LogP contribution in [-0.4, -0.2) is 48.5 Å². The number of ether oxygens (including phenoxy) is 1. The molecule has 1 aliphatic heterocycles. The summed E-state index contributed by atoms with van der Waals surface area (Å²) in [7, 11) is 4.05. The van der Waals surface area contributed by atoms with E-state index in [1.54, 1.807) is 5.01 Å². The molecule has 0 saturated carbocycles. The van der Waals surface area contributed by atoms with Crippen LogP contribution in [0.25, 0.3) is 0 Å². The van der Waals surface area contributed by atoms with Crippen LogP contribution in [0, 0.1) is 0 Å². The first-order chi connectivity index (χ1) is 6.22. The first-order valence-corrected chi connectivity index (χ1v) is 5.06. The van der Waals surface area contributed by atoms with Gasteiger partial charge in [-0.25, -0.2) is 9.39 Å². The minimum atomic E-state index is -0.403. The molecule has 1 fully saturated rings. The van der Waals surface area contributed by atoms with Crippen LogP contribution in [0.5, 0.6) is 0 Å². The van der Waals surface area contributed by atoms with Crippen molar-refractivity contribution in [1.29, 1.82) is 0 Å². The Hall–Kier alpha value is -0.770. The zero-order chi connectivity index (χ0) is 11.0. The molecule has 14 heavy (non-hydrogen) atoms. The van der Waals surface area contributed by atoms with Gasteiger partial charge in [-0.15, -0.1) is 0 Å². The van der Waals surface area contributed by atoms with Crippen molar-refractivity contribution in [2.75, 3.05) is 27.2 Å². The highest BCUT2D eigenvalue weighted by molar-refractivity contribution is 5.66. The Balaban J connectivity index is 2.62. The van der Waals surface area contributed by atoms with E-state index in [0.29, 0.717) is 4.59 Å². The van der Waals surface area contributed by atoms with E-state index in [1.165, 1.54) is 0 Å². The molecular formula is C10H21N2O2+. The van der Waals surface area contributed by atoms with E-state index in [4.69, 9.17) is 4.74 Å². The molecule has 0 aliphatic carbocycles. The van der Waals surface area contributed by atoms with Crippen molar-refractivity contribution in [2.45, 2.75) is 32.8 Å². The Kier molecular flexibility index (Phi) is 2.76. The van der Waals surface area contributed by atoms with E-state index in [1.807, 2.05) is 34.9 Å². The normalized spacial score (nSPS) is 21.1. The highest BCUT2D eigenvalue weighted by Gasteiger charge is 2.38. The lowest BCUT2D eigenvalue weighted by atomic mass is 10.2. The maximum atomic E-state index is 11.8. The van der Waals surface area contributed by atoms with Crippen LogP contribution in [0.4, 0.5) is 4.79 Å². The Bertz CT molecular complexity index is 231. The zero-order valence-corrected chi connectivity index (χ0v) is 9.83. The minimum Gasteiger partial charge on any atom is -0.441 e. The van der Waals surface area contributed by atoms with Gasteiger partial charge in [0, 0.05) is 6.42 Å². The van der Waals surface area contributed by atoms with Gasteiger partial charge in [-0.05, 0) is 20.8 Å². The fourth-order valence-corrected chi connectivity index (χ4v) is 1.63.